The van der Waals surface area contributed by atoms with Crippen LogP contribution in [0.1, 0.15) is 10.4 Å². The second kappa shape index (κ2) is 2.39. The third-order valence-corrected chi connectivity index (χ3v) is 1.12. The number of aromatic carboxylic acids is 1. The van der Waals surface area contributed by atoms with Gasteiger partial charge in [0.25, 0.3) is 1.43 Å². The molecule has 1 aromatic rings. The molecule has 10 heavy (non-hydrogen) atoms. The number of carboxylic acid groups (broad SMARTS) is 1. The molecule has 0 unspecified atom stereocenters. The minimum atomic E-state index is -0.875. The smallest absolute Gasteiger partial charge is 0.337 e. The molecule has 0 atom stereocenters. The number of nitrogen functional groups attached to an aromatic ring is 1. The molecule has 0 spiro atoms. The first-order chi connectivity index (χ1) is 6.16. The summed E-state index contributed by atoms with van der Waals surface area (Å²) in [6.07, 6.45) is 0. The second-order valence-corrected chi connectivity index (χ2v) is 1.80. The average Bonchev–Trinajstić information content (AvgIpc) is 2.16. The summed E-state index contributed by atoms with van der Waals surface area (Å²) in [5.41, 5.74) is 0.411. The van der Waals surface area contributed by atoms with Gasteiger partial charge in [-0.05, 0) is 12.1 Å². The van der Waals surface area contributed by atoms with E-state index >= 15 is 0 Å². The van der Waals surface area contributed by atoms with Gasteiger partial charge in [0.2, 0.25) is 0 Å². The summed E-state index contributed by atoms with van der Waals surface area (Å²) in [5, 5.41) is 3.74. The van der Waals surface area contributed by atoms with Gasteiger partial charge in [0, 0.05) is 5.69 Å². The van der Waals surface area contributed by atoms with Crippen LogP contribution in [0, 0.1) is 0 Å². The van der Waals surface area contributed by atoms with E-state index in [4.69, 9.17) is 4.25 Å². The molecule has 0 aliphatic carbocycles. The second-order valence-electron chi connectivity index (χ2n) is 1.80. The molecule has 0 fully saturated rings. The highest BCUT2D eigenvalue weighted by Gasteiger charge is 2.03. The van der Waals surface area contributed by atoms with Crippen LogP contribution in [0.4, 0.5) is 5.69 Å². The largest absolute Gasteiger partial charge is 0.478 e. The first-order valence-corrected chi connectivity index (χ1v) is 2.71. The summed E-state index contributed by atoms with van der Waals surface area (Å²) < 4.78 is 20.3. The van der Waals surface area contributed by atoms with E-state index in [-0.39, 0.29) is 11.3 Å². The lowest BCUT2D eigenvalue weighted by molar-refractivity contribution is 0.0698. The van der Waals surface area contributed by atoms with Crippen LogP contribution in [-0.2, 0) is 0 Å². The molecule has 1 rings (SSSR count). The standard InChI is InChI=1S/C7H7NO2/c8-6-4-2-1-3-5(6)7(9)10/h1-4H,8H2,(H,9,10)/i/hD3. The maximum Gasteiger partial charge on any atom is 0.337 e. The van der Waals surface area contributed by atoms with Crippen molar-refractivity contribution in [2.45, 2.75) is 0 Å². The van der Waals surface area contributed by atoms with E-state index in [1.807, 2.05) is 0 Å². The first-order valence-electron chi connectivity index (χ1n) is 4.01. The van der Waals surface area contributed by atoms with Gasteiger partial charge in [-0.3, -0.25) is 0 Å². The number of para-hydroxylation sites is 1. The number of benzene rings is 1. The van der Waals surface area contributed by atoms with Crippen molar-refractivity contribution >= 4 is 11.7 Å². The number of hydrogen-bond acceptors (Lipinski definition) is 3. The Bertz CT molecular complexity index is 316. The van der Waals surface area contributed by atoms with Crippen molar-refractivity contribution in [3.63, 3.8) is 0 Å². The SMILES string of the molecule is [2H]OC(=O)c1ccccc1N([2H])[2H]. The monoisotopic (exact) mass is 140 g/mol. The highest BCUT2D eigenvalue weighted by molar-refractivity contribution is 5.93. The van der Waals surface area contributed by atoms with Gasteiger partial charge in [-0.15, -0.1) is 0 Å². The van der Waals surface area contributed by atoms with E-state index in [1.165, 1.54) is 12.1 Å². The average molecular weight is 140 g/mol. The Labute approximate surface area is 62.5 Å². The molecule has 0 saturated carbocycles. The fourth-order valence-electron chi connectivity index (χ4n) is 0.646. The highest BCUT2D eigenvalue weighted by Crippen LogP contribution is 2.08. The Balaban J connectivity index is 3.12. The first kappa shape index (κ1) is 3.61. The summed E-state index contributed by atoms with van der Waals surface area (Å²) in [7, 11) is 0. The van der Waals surface area contributed by atoms with Gasteiger partial charge in [-0.2, -0.15) is 0 Å². The molecule has 0 radical (unpaired) electrons. The number of hydrogen-bond donors (Lipinski definition) is 2. The molecular formula is C7H7NO2. The van der Waals surface area contributed by atoms with Crippen LogP contribution >= 0.6 is 0 Å². The molecule has 0 aromatic heterocycles. The summed E-state index contributed by atoms with van der Waals surface area (Å²) in [5.74, 6) is -0.875. The Hall–Kier alpha value is -1.51. The topological polar surface area (TPSA) is 63.3 Å². The highest BCUT2D eigenvalue weighted by atomic mass is 16.4. The van der Waals surface area contributed by atoms with Crippen LogP contribution in [0.3, 0.4) is 0 Å². The molecule has 52 valence electrons. The molecule has 0 aliphatic rings. The van der Waals surface area contributed by atoms with Gasteiger partial charge >= 0.3 is 5.97 Å². The third-order valence-electron chi connectivity index (χ3n) is 1.12. The number of carbonyl (C=O) groups is 1. The van der Waals surface area contributed by atoms with Crippen molar-refractivity contribution in [2.24, 2.45) is 0 Å². The molecule has 3 nitrogen and oxygen atoms in total. The zero-order valence-corrected chi connectivity index (χ0v) is 5.07. The number of carboxylic acids is 1. The fraction of sp³-hybridized carbons (Fsp3) is 0. The minimum absolute atomic E-state index is 0.0301. The molecule has 0 saturated heterocycles. The summed E-state index contributed by atoms with van der Waals surface area (Å²) in [6.45, 7) is 0. The lowest BCUT2D eigenvalue weighted by Crippen LogP contribution is -2.00. The number of rotatable bonds is 2. The van der Waals surface area contributed by atoms with Crippen molar-refractivity contribution < 1.29 is 12.7 Å². The lowest BCUT2D eigenvalue weighted by atomic mass is 10.2. The Kier molecular flexibility index (Phi) is 0.862. The summed E-state index contributed by atoms with van der Waals surface area (Å²) in [6, 6.07) is 5.97. The summed E-state index contributed by atoms with van der Waals surface area (Å²) in [4.78, 5) is 10.9. The quantitative estimate of drug-likeness (QED) is 0.601. The van der Waals surface area contributed by atoms with Crippen LogP contribution in [0.15, 0.2) is 24.3 Å². The molecule has 0 amide bonds. The maximum atomic E-state index is 10.9. The predicted molar refractivity (Wildman–Crippen MR) is 37.8 cm³/mol. The normalized spacial score (nSPS) is 12.6. The van der Waals surface area contributed by atoms with Crippen LogP contribution in [-0.4, -0.2) is 11.1 Å². The molecule has 0 bridgehead atoms. The van der Waals surface area contributed by atoms with Crippen LogP contribution in [0.25, 0.3) is 1.43 Å². The predicted octanol–water partition coefficient (Wildman–Crippen LogP) is 0.967. The van der Waals surface area contributed by atoms with Gasteiger partial charge in [-0.1, -0.05) is 12.1 Å². The van der Waals surface area contributed by atoms with Crippen molar-refractivity contribution in [3.8, 4) is 0 Å². The van der Waals surface area contributed by atoms with Crippen molar-refractivity contribution in [2.75, 3.05) is 5.72 Å². The van der Waals surface area contributed by atoms with E-state index in [9.17, 15) is 4.79 Å². The van der Waals surface area contributed by atoms with Crippen LogP contribution < -0.4 is 5.72 Å². The number of nitrogens with two attached hydrogens (primary N) is 1. The van der Waals surface area contributed by atoms with Crippen molar-refractivity contribution in [1.29, 1.82) is 1.43 Å². The van der Waals surface area contributed by atoms with Gasteiger partial charge in [-0.25, -0.2) is 4.79 Å². The van der Waals surface area contributed by atoms with Gasteiger partial charge in [0.15, 0.2) is 2.82 Å². The third kappa shape index (κ3) is 1.07. The summed E-state index contributed by atoms with van der Waals surface area (Å²) >= 11 is 0. The molecule has 3 heteroatoms. The molecule has 1 aromatic carbocycles. The fourth-order valence-corrected chi connectivity index (χ4v) is 0.646. The molecule has 0 aliphatic heterocycles. The maximum absolute atomic E-state index is 10.9. The van der Waals surface area contributed by atoms with Crippen LogP contribution in [0.2, 0.25) is 2.82 Å². The molecule has 3 N–H and O–H groups in total. The van der Waals surface area contributed by atoms with Crippen molar-refractivity contribution in [1.82, 2.24) is 0 Å². The van der Waals surface area contributed by atoms with Gasteiger partial charge in [0.1, 0.15) is 0 Å². The minimum Gasteiger partial charge on any atom is -0.478 e. The zero-order valence-electron chi connectivity index (χ0n) is 8.07. The zero-order chi connectivity index (χ0) is 9.84. The Morgan fingerprint density at radius 1 is 1.70 bits per heavy atom. The van der Waals surface area contributed by atoms with E-state index in [2.05, 4.69) is 5.11 Å². The van der Waals surface area contributed by atoms with E-state index < -0.39 is 5.97 Å². The van der Waals surface area contributed by atoms with E-state index in [0.717, 1.165) is 0 Å². The van der Waals surface area contributed by atoms with Gasteiger partial charge in [0.05, 0.1) is 5.56 Å². The lowest BCUT2D eigenvalue weighted by Gasteiger charge is -1.96. The van der Waals surface area contributed by atoms with Crippen molar-refractivity contribution in [3.05, 3.63) is 29.8 Å². The van der Waals surface area contributed by atoms with Gasteiger partial charge < -0.3 is 10.8 Å². The Morgan fingerprint density at radius 3 is 3.20 bits per heavy atom. The van der Waals surface area contributed by atoms with Crippen LogP contribution in [0.5, 0.6) is 0 Å². The van der Waals surface area contributed by atoms with E-state index in [1.54, 1.807) is 12.1 Å². The molecule has 0 heterocycles. The Morgan fingerprint density at radius 2 is 2.50 bits per heavy atom. The van der Waals surface area contributed by atoms with E-state index in [0.29, 0.717) is 5.72 Å². The number of anilines is 1. The molecular weight excluding hydrogens is 130 g/mol.